The predicted octanol–water partition coefficient (Wildman–Crippen LogP) is 2.86. The Hall–Kier alpha value is -1.62. The number of nitrogens with zero attached hydrogens (tertiary/aromatic N) is 3. The molecule has 1 atom stereocenters. The summed E-state index contributed by atoms with van der Waals surface area (Å²) in [7, 11) is 0. The molecular formula is C14H17N3OS. The molecule has 0 bridgehead atoms. The van der Waals surface area contributed by atoms with Crippen molar-refractivity contribution in [2.75, 3.05) is 6.54 Å². The number of thiazole rings is 1. The summed E-state index contributed by atoms with van der Waals surface area (Å²) in [4.78, 5) is 18.9. The van der Waals surface area contributed by atoms with Crippen molar-refractivity contribution in [2.24, 2.45) is 0 Å². The topological polar surface area (TPSA) is 38.1 Å². The van der Waals surface area contributed by atoms with E-state index >= 15 is 0 Å². The first-order chi connectivity index (χ1) is 9.20. The van der Waals surface area contributed by atoms with E-state index in [1.807, 2.05) is 17.2 Å². The maximum Gasteiger partial charge on any atom is 0.273 e. The van der Waals surface area contributed by atoms with Crippen LogP contribution < -0.4 is 0 Å². The molecule has 19 heavy (non-hydrogen) atoms. The molecule has 0 saturated heterocycles. The lowest BCUT2D eigenvalue weighted by atomic mass is 10.1. The Morgan fingerprint density at radius 3 is 3.05 bits per heavy atom. The van der Waals surface area contributed by atoms with E-state index < -0.39 is 0 Å². The van der Waals surface area contributed by atoms with Gasteiger partial charge in [0.25, 0.3) is 5.91 Å². The van der Waals surface area contributed by atoms with E-state index in [0.717, 1.165) is 24.5 Å². The molecule has 0 aromatic carbocycles. The third-order valence-corrected chi connectivity index (χ3v) is 4.42. The lowest BCUT2D eigenvalue weighted by Gasteiger charge is -2.36. The molecule has 3 rings (SSSR count). The lowest BCUT2D eigenvalue weighted by molar-refractivity contribution is 0.0612. The Morgan fingerprint density at radius 2 is 2.37 bits per heavy atom. The summed E-state index contributed by atoms with van der Waals surface area (Å²) in [6.45, 7) is 5.68. The van der Waals surface area contributed by atoms with Crippen molar-refractivity contribution in [3.63, 3.8) is 0 Å². The van der Waals surface area contributed by atoms with Crippen molar-refractivity contribution in [2.45, 2.75) is 32.9 Å². The number of aromatic nitrogens is 2. The Balaban J connectivity index is 1.91. The Morgan fingerprint density at radius 1 is 1.53 bits per heavy atom. The fraction of sp³-hybridized carbons (Fsp3) is 0.429. The van der Waals surface area contributed by atoms with Gasteiger partial charge in [-0.1, -0.05) is 6.92 Å². The first-order valence-corrected chi connectivity index (χ1v) is 7.46. The summed E-state index contributed by atoms with van der Waals surface area (Å²) in [5.74, 6) is 0.0589. The second-order valence-corrected chi connectivity index (χ2v) is 5.86. The lowest BCUT2D eigenvalue weighted by Crippen LogP contribution is -2.41. The minimum atomic E-state index is 0.0589. The molecule has 1 aliphatic heterocycles. The average molecular weight is 275 g/mol. The van der Waals surface area contributed by atoms with Gasteiger partial charge in [-0.15, -0.1) is 11.3 Å². The highest BCUT2D eigenvalue weighted by atomic mass is 32.1. The second kappa shape index (κ2) is 4.81. The van der Waals surface area contributed by atoms with Gasteiger partial charge in [-0.3, -0.25) is 4.79 Å². The molecule has 1 unspecified atom stereocenters. The van der Waals surface area contributed by atoms with Gasteiger partial charge in [0.1, 0.15) is 5.69 Å². The highest BCUT2D eigenvalue weighted by Crippen LogP contribution is 2.30. The first-order valence-electron chi connectivity index (χ1n) is 6.59. The summed E-state index contributed by atoms with van der Waals surface area (Å²) in [5, 5.41) is 2.80. The van der Waals surface area contributed by atoms with Gasteiger partial charge < -0.3 is 9.47 Å². The SMILES string of the molecule is CCC1c2cccn2CCN1C(=O)c1csc(C)n1. The van der Waals surface area contributed by atoms with Crippen LogP contribution in [0.1, 0.15) is 40.6 Å². The summed E-state index contributed by atoms with van der Waals surface area (Å²) < 4.78 is 2.24. The largest absolute Gasteiger partial charge is 0.348 e. The van der Waals surface area contributed by atoms with E-state index in [4.69, 9.17) is 0 Å². The predicted molar refractivity (Wildman–Crippen MR) is 75.4 cm³/mol. The van der Waals surface area contributed by atoms with Gasteiger partial charge in [0, 0.05) is 30.4 Å². The number of amides is 1. The van der Waals surface area contributed by atoms with Crippen LogP contribution in [0.2, 0.25) is 0 Å². The summed E-state index contributed by atoms with van der Waals surface area (Å²) >= 11 is 1.53. The molecule has 0 radical (unpaired) electrons. The highest BCUT2D eigenvalue weighted by Gasteiger charge is 2.30. The number of aryl methyl sites for hydroxylation is 1. The number of rotatable bonds is 2. The minimum absolute atomic E-state index is 0.0589. The van der Waals surface area contributed by atoms with Crippen molar-refractivity contribution >= 4 is 17.2 Å². The van der Waals surface area contributed by atoms with E-state index in [2.05, 4.69) is 34.8 Å². The molecule has 0 aliphatic carbocycles. The molecular weight excluding hydrogens is 258 g/mol. The maximum atomic E-state index is 12.6. The first kappa shape index (κ1) is 12.4. The summed E-state index contributed by atoms with van der Waals surface area (Å²) in [6.07, 6.45) is 3.02. The Kier molecular flexibility index (Phi) is 3.14. The number of hydrogen-bond donors (Lipinski definition) is 0. The molecule has 1 amide bonds. The Bertz CT molecular complexity index is 601. The second-order valence-electron chi connectivity index (χ2n) is 4.80. The zero-order chi connectivity index (χ0) is 13.4. The van der Waals surface area contributed by atoms with Crippen molar-refractivity contribution in [1.29, 1.82) is 0 Å². The van der Waals surface area contributed by atoms with Gasteiger partial charge in [0.05, 0.1) is 11.0 Å². The van der Waals surface area contributed by atoms with Gasteiger partial charge in [-0.25, -0.2) is 4.98 Å². The van der Waals surface area contributed by atoms with Gasteiger partial charge in [-0.2, -0.15) is 0 Å². The van der Waals surface area contributed by atoms with Gasteiger partial charge >= 0.3 is 0 Å². The van der Waals surface area contributed by atoms with Crippen molar-refractivity contribution in [1.82, 2.24) is 14.5 Å². The van der Waals surface area contributed by atoms with Crippen molar-refractivity contribution < 1.29 is 4.79 Å². The number of fused-ring (bicyclic) bond motifs is 1. The number of hydrogen-bond acceptors (Lipinski definition) is 3. The molecule has 0 N–H and O–H groups in total. The molecule has 1 aliphatic rings. The van der Waals surface area contributed by atoms with E-state index in [0.29, 0.717) is 5.69 Å². The molecule has 0 saturated carbocycles. The fourth-order valence-corrected chi connectivity index (χ4v) is 3.33. The average Bonchev–Trinajstić information content (AvgIpc) is 3.04. The molecule has 100 valence electrons. The standard InChI is InChI=1S/C14H17N3OS/c1-3-12-13-5-4-6-16(13)7-8-17(12)14(18)11-9-19-10(2)15-11/h4-6,9,12H,3,7-8H2,1-2H3. The van der Waals surface area contributed by atoms with Gasteiger partial charge in [0.2, 0.25) is 0 Å². The van der Waals surface area contributed by atoms with Crippen LogP contribution in [0, 0.1) is 6.92 Å². The minimum Gasteiger partial charge on any atom is -0.348 e. The molecule has 4 nitrogen and oxygen atoms in total. The van der Waals surface area contributed by atoms with E-state index in [1.165, 1.54) is 17.0 Å². The third kappa shape index (κ3) is 2.08. The van der Waals surface area contributed by atoms with Gasteiger partial charge in [-0.05, 0) is 25.5 Å². The van der Waals surface area contributed by atoms with Crippen LogP contribution in [0.4, 0.5) is 0 Å². The summed E-state index contributed by atoms with van der Waals surface area (Å²) in [6, 6.07) is 4.33. The number of carbonyl (C=O) groups excluding carboxylic acids is 1. The van der Waals surface area contributed by atoms with Crippen LogP contribution in [0.3, 0.4) is 0 Å². The molecule has 0 spiro atoms. The van der Waals surface area contributed by atoms with Crippen molar-refractivity contribution in [3.05, 3.63) is 40.1 Å². The van der Waals surface area contributed by atoms with E-state index in [9.17, 15) is 4.79 Å². The van der Waals surface area contributed by atoms with E-state index in [1.54, 1.807) is 0 Å². The molecule has 2 aromatic heterocycles. The molecule has 0 fully saturated rings. The number of carbonyl (C=O) groups is 1. The maximum absolute atomic E-state index is 12.6. The zero-order valence-electron chi connectivity index (χ0n) is 11.2. The van der Waals surface area contributed by atoms with Gasteiger partial charge in [0.15, 0.2) is 0 Å². The highest BCUT2D eigenvalue weighted by molar-refractivity contribution is 7.09. The molecule has 3 heterocycles. The summed E-state index contributed by atoms with van der Waals surface area (Å²) in [5.41, 5.74) is 1.81. The monoisotopic (exact) mass is 275 g/mol. The van der Waals surface area contributed by atoms with Crippen LogP contribution in [-0.4, -0.2) is 26.9 Å². The van der Waals surface area contributed by atoms with Crippen LogP contribution in [-0.2, 0) is 6.54 Å². The molecule has 5 heteroatoms. The smallest absolute Gasteiger partial charge is 0.273 e. The van der Waals surface area contributed by atoms with Crippen LogP contribution >= 0.6 is 11.3 Å². The van der Waals surface area contributed by atoms with Crippen LogP contribution in [0.5, 0.6) is 0 Å². The zero-order valence-corrected chi connectivity index (χ0v) is 12.0. The Labute approximate surface area is 116 Å². The third-order valence-electron chi connectivity index (χ3n) is 3.65. The van der Waals surface area contributed by atoms with Crippen LogP contribution in [0.25, 0.3) is 0 Å². The molecule has 2 aromatic rings. The van der Waals surface area contributed by atoms with E-state index in [-0.39, 0.29) is 11.9 Å². The fourth-order valence-electron chi connectivity index (χ4n) is 2.75. The quantitative estimate of drug-likeness (QED) is 0.845. The normalized spacial score (nSPS) is 18.4. The van der Waals surface area contributed by atoms with Crippen LogP contribution in [0.15, 0.2) is 23.7 Å². The van der Waals surface area contributed by atoms with Crippen molar-refractivity contribution in [3.8, 4) is 0 Å².